The summed E-state index contributed by atoms with van der Waals surface area (Å²) in [4.78, 5) is 0. The third kappa shape index (κ3) is 2.99. The summed E-state index contributed by atoms with van der Waals surface area (Å²) in [6.45, 7) is 7.93. The minimum Gasteiger partial charge on any atom is -0.316 e. The lowest BCUT2D eigenvalue weighted by atomic mass is 9.75. The quantitative estimate of drug-likeness (QED) is 0.807. The topological polar surface area (TPSA) is 12.0 Å². The van der Waals surface area contributed by atoms with E-state index in [4.69, 9.17) is 11.6 Å². The van der Waals surface area contributed by atoms with Gasteiger partial charge in [0, 0.05) is 12.0 Å². The maximum atomic E-state index is 14.1. The summed E-state index contributed by atoms with van der Waals surface area (Å²) < 4.78 is 14.1. The molecule has 0 saturated heterocycles. The minimum atomic E-state index is -0.268. The Balaban J connectivity index is 3.16. The van der Waals surface area contributed by atoms with Gasteiger partial charge in [0.05, 0.1) is 5.02 Å². The van der Waals surface area contributed by atoms with Gasteiger partial charge in [-0.2, -0.15) is 0 Å². The lowest BCUT2D eigenvalue weighted by molar-refractivity contribution is 0.357. The average molecular weight is 258 g/mol. The predicted octanol–water partition coefficient (Wildman–Crippen LogP) is 4.15. The summed E-state index contributed by atoms with van der Waals surface area (Å²) in [5.41, 5.74) is 0.571. The molecule has 1 aromatic carbocycles. The molecule has 1 rings (SSSR count). The van der Waals surface area contributed by atoms with Crippen LogP contribution in [-0.2, 0) is 5.41 Å². The van der Waals surface area contributed by atoms with Gasteiger partial charge in [0.25, 0.3) is 0 Å². The van der Waals surface area contributed by atoms with E-state index in [2.05, 4.69) is 26.1 Å². The fourth-order valence-electron chi connectivity index (χ4n) is 2.25. The van der Waals surface area contributed by atoms with Crippen LogP contribution in [0.5, 0.6) is 0 Å². The van der Waals surface area contributed by atoms with Crippen LogP contribution in [0, 0.1) is 5.82 Å². The molecule has 0 fully saturated rings. The second-order valence-corrected chi connectivity index (χ2v) is 4.78. The van der Waals surface area contributed by atoms with Crippen molar-refractivity contribution in [3.8, 4) is 0 Å². The van der Waals surface area contributed by atoms with Crippen LogP contribution in [0.25, 0.3) is 0 Å². The number of rotatable bonds is 6. The number of likely N-dealkylation sites (N-methyl/N-ethyl adjacent to an activating group) is 1. The maximum absolute atomic E-state index is 14.1. The Bertz CT molecular complexity index is 361. The van der Waals surface area contributed by atoms with E-state index in [0.717, 1.165) is 31.5 Å². The lowest BCUT2D eigenvalue weighted by Crippen LogP contribution is -2.38. The van der Waals surface area contributed by atoms with Crippen LogP contribution in [0.3, 0.4) is 0 Å². The van der Waals surface area contributed by atoms with E-state index in [1.54, 1.807) is 6.07 Å². The second kappa shape index (κ2) is 6.36. The molecule has 0 radical (unpaired) electrons. The largest absolute Gasteiger partial charge is 0.316 e. The maximum Gasteiger partial charge on any atom is 0.145 e. The first-order valence-corrected chi connectivity index (χ1v) is 6.64. The summed E-state index contributed by atoms with van der Waals surface area (Å²) in [5, 5.41) is 3.54. The fraction of sp³-hybridized carbons (Fsp3) is 0.571. The SMILES string of the molecule is CCNCC(CC)(CC)c1cccc(Cl)c1F. The molecule has 0 aliphatic carbocycles. The molecule has 1 aromatic rings. The van der Waals surface area contributed by atoms with Crippen LogP contribution < -0.4 is 5.32 Å². The first-order chi connectivity index (χ1) is 8.11. The molecule has 1 nitrogen and oxygen atoms in total. The molecule has 0 amide bonds. The lowest BCUT2D eigenvalue weighted by Gasteiger charge is -2.33. The van der Waals surface area contributed by atoms with Crippen molar-refractivity contribution in [1.29, 1.82) is 0 Å². The highest BCUT2D eigenvalue weighted by atomic mass is 35.5. The van der Waals surface area contributed by atoms with Gasteiger partial charge in [-0.05, 0) is 31.0 Å². The number of hydrogen-bond donors (Lipinski definition) is 1. The van der Waals surface area contributed by atoms with Crippen molar-refractivity contribution in [2.24, 2.45) is 0 Å². The number of hydrogen-bond acceptors (Lipinski definition) is 1. The molecule has 0 saturated carbocycles. The normalized spacial score (nSPS) is 11.8. The van der Waals surface area contributed by atoms with Gasteiger partial charge >= 0.3 is 0 Å². The van der Waals surface area contributed by atoms with Crippen LogP contribution in [-0.4, -0.2) is 13.1 Å². The van der Waals surface area contributed by atoms with Gasteiger partial charge < -0.3 is 5.32 Å². The third-order valence-electron chi connectivity index (χ3n) is 3.59. The van der Waals surface area contributed by atoms with Gasteiger partial charge in [-0.3, -0.25) is 0 Å². The predicted molar refractivity (Wildman–Crippen MR) is 72.2 cm³/mol. The Kier molecular flexibility index (Phi) is 5.41. The van der Waals surface area contributed by atoms with Crippen LogP contribution >= 0.6 is 11.6 Å². The Morgan fingerprint density at radius 3 is 2.41 bits per heavy atom. The van der Waals surface area contributed by atoms with Crippen molar-refractivity contribution in [2.75, 3.05) is 13.1 Å². The van der Waals surface area contributed by atoms with Gasteiger partial charge in [-0.15, -0.1) is 0 Å². The fourth-order valence-corrected chi connectivity index (χ4v) is 2.43. The Labute approximate surface area is 108 Å². The zero-order chi connectivity index (χ0) is 12.9. The summed E-state index contributed by atoms with van der Waals surface area (Å²) in [6, 6.07) is 5.28. The summed E-state index contributed by atoms with van der Waals surface area (Å²) >= 11 is 5.87. The molecule has 0 heterocycles. The van der Waals surface area contributed by atoms with Crippen LogP contribution in [0.1, 0.15) is 39.2 Å². The van der Waals surface area contributed by atoms with E-state index in [0.29, 0.717) is 0 Å². The Morgan fingerprint density at radius 1 is 1.24 bits per heavy atom. The van der Waals surface area contributed by atoms with Crippen molar-refractivity contribution < 1.29 is 4.39 Å². The molecule has 96 valence electrons. The minimum absolute atomic E-state index is 0.162. The highest BCUT2D eigenvalue weighted by Gasteiger charge is 2.31. The standard InChI is InChI=1S/C14H21ClFN/c1-4-14(5-2,10-17-6-3)11-8-7-9-12(15)13(11)16/h7-9,17H,4-6,10H2,1-3H3. The molecule has 0 aromatic heterocycles. The van der Waals surface area contributed by atoms with Gasteiger partial charge in [0.2, 0.25) is 0 Å². The second-order valence-electron chi connectivity index (χ2n) is 4.37. The molecule has 3 heteroatoms. The summed E-state index contributed by atoms with van der Waals surface area (Å²) in [7, 11) is 0. The van der Waals surface area contributed by atoms with Crippen molar-refractivity contribution >= 4 is 11.6 Å². The Morgan fingerprint density at radius 2 is 1.88 bits per heavy atom. The molecule has 0 bridgehead atoms. The first-order valence-electron chi connectivity index (χ1n) is 6.26. The molecule has 0 spiro atoms. The van der Waals surface area contributed by atoms with E-state index in [9.17, 15) is 4.39 Å². The van der Waals surface area contributed by atoms with Crippen molar-refractivity contribution in [3.05, 3.63) is 34.6 Å². The highest BCUT2D eigenvalue weighted by Crippen LogP contribution is 2.35. The Hall–Kier alpha value is -0.600. The molecule has 0 unspecified atom stereocenters. The molecule has 17 heavy (non-hydrogen) atoms. The van der Waals surface area contributed by atoms with E-state index >= 15 is 0 Å². The summed E-state index contributed by atoms with van der Waals surface area (Å²) in [6.07, 6.45) is 1.79. The number of halogens is 2. The highest BCUT2D eigenvalue weighted by molar-refractivity contribution is 6.30. The van der Waals surface area contributed by atoms with E-state index in [1.807, 2.05) is 12.1 Å². The zero-order valence-corrected chi connectivity index (χ0v) is 11.6. The van der Waals surface area contributed by atoms with Crippen molar-refractivity contribution in [2.45, 2.75) is 39.0 Å². The van der Waals surface area contributed by atoms with Gasteiger partial charge in [0.15, 0.2) is 0 Å². The molecule has 0 atom stereocenters. The molecule has 0 aliphatic heterocycles. The van der Waals surface area contributed by atoms with E-state index < -0.39 is 0 Å². The van der Waals surface area contributed by atoms with Crippen LogP contribution in [0.4, 0.5) is 4.39 Å². The van der Waals surface area contributed by atoms with Crippen molar-refractivity contribution in [3.63, 3.8) is 0 Å². The zero-order valence-electron chi connectivity index (χ0n) is 10.8. The average Bonchev–Trinajstić information content (AvgIpc) is 2.36. The molecule has 1 N–H and O–H groups in total. The van der Waals surface area contributed by atoms with Crippen LogP contribution in [0.15, 0.2) is 18.2 Å². The van der Waals surface area contributed by atoms with Crippen LogP contribution in [0.2, 0.25) is 5.02 Å². The van der Waals surface area contributed by atoms with Gasteiger partial charge in [-0.25, -0.2) is 4.39 Å². The summed E-state index contributed by atoms with van der Waals surface area (Å²) in [5.74, 6) is -0.268. The van der Waals surface area contributed by atoms with Gasteiger partial charge in [0.1, 0.15) is 5.82 Å². The van der Waals surface area contributed by atoms with E-state index in [-0.39, 0.29) is 16.3 Å². The monoisotopic (exact) mass is 257 g/mol. The number of benzene rings is 1. The molecule has 0 aliphatic rings. The molecular weight excluding hydrogens is 237 g/mol. The van der Waals surface area contributed by atoms with E-state index in [1.165, 1.54) is 0 Å². The third-order valence-corrected chi connectivity index (χ3v) is 3.88. The number of nitrogens with one attached hydrogen (secondary N) is 1. The molecular formula is C14H21ClFN. The first kappa shape index (κ1) is 14.5. The van der Waals surface area contributed by atoms with Crippen molar-refractivity contribution in [1.82, 2.24) is 5.32 Å². The smallest absolute Gasteiger partial charge is 0.145 e. The van der Waals surface area contributed by atoms with Gasteiger partial charge in [-0.1, -0.05) is 44.5 Å².